The largest absolute Gasteiger partial charge is 0.332 e. The van der Waals surface area contributed by atoms with Gasteiger partial charge in [0.15, 0.2) is 5.13 Å². The van der Waals surface area contributed by atoms with Gasteiger partial charge in [-0.25, -0.2) is 9.37 Å². The molecule has 1 heterocycles. The van der Waals surface area contributed by atoms with E-state index in [1.165, 1.54) is 6.07 Å². The van der Waals surface area contributed by atoms with E-state index in [1.807, 2.05) is 24.3 Å². The smallest absolute Gasteiger partial charge is 0.188 e. The van der Waals surface area contributed by atoms with Crippen LogP contribution in [0.15, 0.2) is 42.5 Å². The normalized spacial score (nSPS) is 10.8. The molecule has 0 saturated heterocycles. The van der Waals surface area contributed by atoms with Crippen molar-refractivity contribution in [2.45, 2.75) is 6.92 Å². The predicted molar refractivity (Wildman–Crippen MR) is 74.0 cm³/mol. The van der Waals surface area contributed by atoms with E-state index in [9.17, 15) is 4.39 Å². The summed E-state index contributed by atoms with van der Waals surface area (Å²) in [6.07, 6.45) is 0. The van der Waals surface area contributed by atoms with E-state index in [-0.39, 0.29) is 5.82 Å². The van der Waals surface area contributed by atoms with E-state index in [1.54, 1.807) is 30.4 Å². The zero-order chi connectivity index (χ0) is 12.5. The van der Waals surface area contributed by atoms with Crippen molar-refractivity contribution in [3.63, 3.8) is 0 Å². The van der Waals surface area contributed by atoms with Crippen LogP contribution in [0.3, 0.4) is 0 Å². The highest BCUT2D eigenvalue weighted by molar-refractivity contribution is 7.22. The van der Waals surface area contributed by atoms with Crippen LogP contribution in [-0.2, 0) is 0 Å². The molecule has 2 nitrogen and oxygen atoms in total. The summed E-state index contributed by atoms with van der Waals surface area (Å²) in [5.41, 5.74) is 2.46. The molecule has 0 aliphatic carbocycles. The average Bonchev–Trinajstić information content (AvgIpc) is 2.76. The number of fused-ring (bicyclic) bond motifs is 1. The quantitative estimate of drug-likeness (QED) is 0.732. The third-order valence-electron chi connectivity index (χ3n) is 2.70. The Labute approximate surface area is 108 Å². The average molecular weight is 258 g/mol. The maximum atomic E-state index is 13.2. The molecule has 0 amide bonds. The first-order valence-electron chi connectivity index (χ1n) is 5.61. The van der Waals surface area contributed by atoms with Gasteiger partial charge in [-0.15, -0.1) is 0 Å². The maximum Gasteiger partial charge on any atom is 0.188 e. The van der Waals surface area contributed by atoms with E-state index in [2.05, 4.69) is 10.3 Å². The second-order valence-corrected chi connectivity index (χ2v) is 5.11. The Morgan fingerprint density at radius 2 is 2.00 bits per heavy atom. The molecule has 0 radical (unpaired) electrons. The molecule has 0 atom stereocenters. The Kier molecular flexibility index (Phi) is 2.72. The fourth-order valence-electron chi connectivity index (χ4n) is 1.77. The molecule has 2 aromatic carbocycles. The van der Waals surface area contributed by atoms with Gasteiger partial charge >= 0.3 is 0 Å². The minimum absolute atomic E-state index is 0.190. The highest BCUT2D eigenvalue weighted by atomic mass is 32.1. The van der Waals surface area contributed by atoms with Gasteiger partial charge in [0.05, 0.1) is 10.2 Å². The molecule has 0 aliphatic heterocycles. The number of aryl methyl sites for hydroxylation is 1. The highest BCUT2D eigenvalue weighted by Gasteiger charge is 2.04. The van der Waals surface area contributed by atoms with E-state index >= 15 is 0 Å². The molecule has 3 aromatic rings. The molecular formula is C14H11FN2S. The molecule has 1 N–H and O–H groups in total. The third kappa shape index (κ3) is 2.07. The number of halogens is 1. The first-order valence-corrected chi connectivity index (χ1v) is 6.43. The lowest BCUT2D eigenvalue weighted by molar-refractivity contribution is 0.619. The number of nitrogens with zero attached hydrogens (tertiary/aromatic N) is 1. The summed E-state index contributed by atoms with van der Waals surface area (Å²) < 4.78 is 14.3. The number of thiazole rings is 1. The lowest BCUT2D eigenvalue weighted by Gasteiger charge is -2.03. The van der Waals surface area contributed by atoms with Crippen LogP contribution >= 0.6 is 11.3 Å². The summed E-state index contributed by atoms with van der Waals surface area (Å²) in [7, 11) is 0. The predicted octanol–water partition coefficient (Wildman–Crippen LogP) is 4.49. The molecule has 0 unspecified atom stereocenters. The van der Waals surface area contributed by atoms with Crippen molar-refractivity contribution in [2.24, 2.45) is 0 Å². The Balaban J connectivity index is 1.93. The molecule has 18 heavy (non-hydrogen) atoms. The summed E-state index contributed by atoms with van der Waals surface area (Å²) in [6.45, 7) is 1.75. The van der Waals surface area contributed by atoms with Gasteiger partial charge in [0, 0.05) is 5.69 Å². The summed E-state index contributed by atoms with van der Waals surface area (Å²) >= 11 is 1.59. The first kappa shape index (κ1) is 11.2. The number of hydrogen-bond donors (Lipinski definition) is 1. The van der Waals surface area contributed by atoms with Gasteiger partial charge < -0.3 is 5.32 Å². The SMILES string of the molecule is Cc1cc(Nc2nc3ccccc3s2)ccc1F. The summed E-state index contributed by atoms with van der Waals surface area (Å²) in [6, 6.07) is 12.9. The van der Waals surface area contributed by atoms with E-state index in [0.29, 0.717) is 5.56 Å². The molecule has 0 saturated carbocycles. The first-order chi connectivity index (χ1) is 8.72. The zero-order valence-corrected chi connectivity index (χ0v) is 10.6. The fraction of sp³-hybridized carbons (Fsp3) is 0.0714. The molecule has 0 bridgehead atoms. The van der Waals surface area contributed by atoms with Gasteiger partial charge in [-0.1, -0.05) is 23.5 Å². The summed E-state index contributed by atoms with van der Waals surface area (Å²) in [5, 5.41) is 4.02. The number of anilines is 2. The van der Waals surface area contributed by atoms with Gasteiger partial charge in [-0.3, -0.25) is 0 Å². The van der Waals surface area contributed by atoms with Gasteiger partial charge in [0.1, 0.15) is 5.82 Å². The molecule has 0 fully saturated rings. The summed E-state index contributed by atoms with van der Waals surface area (Å²) in [4.78, 5) is 4.47. The van der Waals surface area contributed by atoms with Crippen molar-refractivity contribution < 1.29 is 4.39 Å². The molecule has 4 heteroatoms. The van der Waals surface area contributed by atoms with Crippen LogP contribution in [0.4, 0.5) is 15.2 Å². The van der Waals surface area contributed by atoms with Crippen LogP contribution in [0.5, 0.6) is 0 Å². The number of benzene rings is 2. The lowest BCUT2D eigenvalue weighted by Crippen LogP contribution is -1.91. The minimum Gasteiger partial charge on any atom is -0.332 e. The number of rotatable bonds is 2. The van der Waals surface area contributed by atoms with Crippen LogP contribution in [0, 0.1) is 12.7 Å². The van der Waals surface area contributed by atoms with Crippen molar-refractivity contribution in [1.82, 2.24) is 4.98 Å². The van der Waals surface area contributed by atoms with Crippen LogP contribution in [0.1, 0.15) is 5.56 Å². The monoisotopic (exact) mass is 258 g/mol. The Bertz CT molecular complexity index is 673. The third-order valence-corrected chi connectivity index (χ3v) is 3.65. The Morgan fingerprint density at radius 3 is 2.78 bits per heavy atom. The Hall–Kier alpha value is -1.94. The number of aromatic nitrogens is 1. The summed E-state index contributed by atoms with van der Waals surface area (Å²) in [5.74, 6) is -0.190. The van der Waals surface area contributed by atoms with Crippen molar-refractivity contribution >= 4 is 32.4 Å². The Morgan fingerprint density at radius 1 is 1.17 bits per heavy atom. The fourth-order valence-corrected chi connectivity index (χ4v) is 2.66. The van der Waals surface area contributed by atoms with Crippen molar-refractivity contribution in [3.05, 3.63) is 53.8 Å². The number of para-hydroxylation sites is 1. The van der Waals surface area contributed by atoms with Crippen LogP contribution in [0.25, 0.3) is 10.2 Å². The molecule has 1 aromatic heterocycles. The minimum atomic E-state index is -0.190. The second-order valence-electron chi connectivity index (χ2n) is 4.08. The van der Waals surface area contributed by atoms with Crippen LogP contribution in [-0.4, -0.2) is 4.98 Å². The van der Waals surface area contributed by atoms with Crippen LogP contribution < -0.4 is 5.32 Å². The van der Waals surface area contributed by atoms with Crippen molar-refractivity contribution in [3.8, 4) is 0 Å². The molecular weight excluding hydrogens is 247 g/mol. The lowest BCUT2D eigenvalue weighted by atomic mass is 10.2. The molecule has 0 aliphatic rings. The van der Waals surface area contributed by atoms with Gasteiger partial charge in [-0.05, 0) is 42.8 Å². The molecule has 0 spiro atoms. The highest BCUT2D eigenvalue weighted by Crippen LogP contribution is 2.28. The molecule has 90 valence electrons. The van der Waals surface area contributed by atoms with Gasteiger partial charge in [0.2, 0.25) is 0 Å². The van der Waals surface area contributed by atoms with Crippen LogP contribution in [0.2, 0.25) is 0 Å². The van der Waals surface area contributed by atoms with E-state index in [0.717, 1.165) is 21.0 Å². The standard InChI is InChI=1S/C14H11FN2S/c1-9-8-10(6-7-11(9)15)16-14-17-12-4-2-3-5-13(12)18-14/h2-8H,1H3,(H,16,17). The molecule has 3 rings (SSSR count). The van der Waals surface area contributed by atoms with Gasteiger partial charge in [-0.2, -0.15) is 0 Å². The van der Waals surface area contributed by atoms with Crippen molar-refractivity contribution in [1.29, 1.82) is 0 Å². The van der Waals surface area contributed by atoms with E-state index < -0.39 is 0 Å². The number of hydrogen-bond acceptors (Lipinski definition) is 3. The number of nitrogens with one attached hydrogen (secondary N) is 1. The van der Waals surface area contributed by atoms with Gasteiger partial charge in [0.25, 0.3) is 0 Å². The zero-order valence-electron chi connectivity index (χ0n) is 9.77. The maximum absolute atomic E-state index is 13.2. The van der Waals surface area contributed by atoms with Crippen molar-refractivity contribution in [2.75, 3.05) is 5.32 Å². The van der Waals surface area contributed by atoms with E-state index in [4.69, 9.17) is 0 Å². The topological polar surface area (TPSA) is 24.9 Å². The second kappa shape index (κ2) is 4.38.